The van der Waals surface area contributed by atoms with Crippen LogP contribution in [0.5, 0.6) is 5.75 Å². The molecule has 0 aliphatic rings. The Morgan fingerprint density at radius 3 is 2.94 bits per heavy atom. The van der Waals surface area contributed by atoms with Gasteiger partial charge in [0.15, 0.2) is 0 Å². The molecule has 17 heavy (non-hydrogen) atoms. The lowest BCUT2D eigenvalue weighted by Crippen LogP contribution is -2.14. The minimum absolute atomic E-state index is 0.259. The molecular weight excluding hydrogens is 278 g/mol. The summed E-state index contributed by atoms with van der Waals surface area (Å²) in [5.41, 5.74) is 1.16. The molecule has 0 spiro atoms. The minimum Gasteiger partial charge on any atom is -0.493 e. The van der Waals surface area contributed by atoms with Crippen molar-refractivity contribution in [1.29, 1.82) is 0 Å². The molecule has 0 aliphatic heterocycles. The molecule has 1 unspecified atom stereocenters. The lowest BCUT2D eigenvalue weighted by atomic mass is 10.1. The molecule has 92 valence electrons. The highest BCUT2D eigenvalue weighted by molar-refractivity contribution is 9.10. The van der Waals surface area contributed by atoms with Gasteiger partial charge in [-0.2, -0.15) is 0 Å². The highest BCUT2D eigenvalue weighted by atomic mass is 79.9. The van der Waals surface area contributed by atoms with Gasteiger partial charge in [0.1, 0.15) is 5.75 Å². The summed E-state index contributed by atoms with van der Waals surface area (Å²) in [6.07, 6.45) is 6.85. The van der Waals surface area contributed by atoms with E-state index in [0.717, 1.165) is 28.6 Å². The van der Waals surface area contributed by atoms with Crippen molar-refractivity contribution in [3.05, 3.63) is 28.2 Å². The summed E-state index contributed by atoms with van der Waals surface area (Å²) < 4.78 is 6.82. The van der Waals surface area contributed by atoms with Crippen LogP contribution in [0.3, 0.4) is 0 Å². The van der Waals surface area contributed by atoms with Crippen molar-refractivity contribution in [1.82, 2.24) is 5.32 Å². The van der Waals surface area contributed by atoms with Crippen LogP contribution in [0, 0.1) is 12.3 Å². The fourth-order valence-corrected chi connectivity index (χ4v) is 1.88. The lowest BCUT2D eigenvalue weighted by Gasteiger charge is -2.16. The van der Waals surface area contributed by atoms with Crippen molar-refractivity contribution in [2.45, 2.75) is 25.8 Å². The number of halogens is 1. The molecule has 0 bridgehead atoms. The molecule has 0 aliphatic carbocycles. The quantitative estimate of drug-likeness (QED) is 0.640. The lowest BCUT2D eigenvalue weighted by molar-refractivity contribution is 0.307. The number of unbranched alkanes of at least 4 members (excludes halogenated alkanes) is 1. The topological polar surface area (TPSA) is 21.3 Å². The largest absolute Gasteiger partial charge is 0.493 e. The molecule has 1 atom stereocenters. The van der Waals surface area contributed by atoms with E-state index in [0.29, 0.717) is 6.61 Å². The zero-order chi connectivity index (χ0) is 12.7. The van der Waals surface area contributed by atoms with Crippen LogP contribution < -0.4 is 10.1 Å². The summed E-state index contributed by atoms with van der Waals surface area (Å²) in [6.45, 7) is 2.77. The van der Waals surface area contributed by atoms with Gasteiger partial charge in [-0.1, -0.05) is 15.9 Å². The van der Waals surface area contributed by atoms with Gasteiger partial charge in [-0.3, -0.25) is 0 Å². The van der Waals surface area contributed by atoms with E-state index in [-0.39, 0.29) is 6.04 Å². The van der Waals surface area contributed by atoms with E-state index in [1.165, 1.54) is 0 Å². The number of benzene rings is 1. The van der Waals surface area contributed by atoms with E-state index in [2.05, 4.69) is 40.2 Å². The fourth-order valence-electron chi connectivity index (χ4n) is 1.50. The minimum atomic E-state index is 0.259. The standard InChI is InChI=1S/C14H18BrNO/c1-4-5-6-9-17-14-8-7-12(15)10-13(14)11(2)16-3/h1,7-8,10-11,16H,5-6,9H2,2-3H3. The van der Waals surface area contributed by atoms with Crippen molar-refractivity contribution < 1.29 is 4.74 Å². The maximum atomic E-state index is 5.76. The van der Waals surface area contributed by atoms with E-state index < -0.39 is 0 Å². The van der Waals surface area contributed by atoms with E-state index in [9.17, 15) is 0 Å². The summed E-state index contributed by atoms with van der Waals surface area (Å²) in [6, 6.07) is 6.32. The van der Waals surface area contributed by atoms with Crippen LogP contribution in [-0.2, 0) is 0 Å². The van der Waals surface area contributed by atoms with Gasteiger partial charge >= 0.3 is 0 Å². The van der Waals surface area contributed by atoms with Gasteiger partial charge in [-0.15, -0.1) is 12.3 Å². The molecule has 3 heteroatoms. The predicted octanol–water partition coefficient (Wildman–Crippen LogP) is 3.52. The molecule has 0 saturated heterocycles. The van der Waals surface area contributed by atoms with Crippen LogP contribution in [-0.4, -0.2) is 13.7 Å². The van der Waals surface area contributed by atoms with E-state index >= 15 is 0 Å². The second-order valence-electron chi connectivity index (χ2n) is 3.85. The zero-order valence-electron chi connectivity index (χ0n) is 10.3. The number of hydrogen-bond acceptors (Lipinski definition) is 2. The number of terminal acetylenes is 1. The Labute approximate surface area is 112 Å². The van der Waals surface area contributed by atoms with Gasteiger partial charge in [0.2, 0.25) is 0 Å². The van der Waals surface area contributed by atoms with Crippen LogP contribution in [0.2, 0.25) is 0 Å². The molecule has 2 nitrogen and oxygen atoms in total. The molecule has 1 N–H and O–H groups in total. The average Bonchev–Trinajstić information content (AvgIpc) is 2.35. The van der Waals surface area contributed by atoms with Crippen LogP contribution in [0.25, 0.3) is 0 Å². The number of nitrogens with one attached hydrogen (secondary N) is 1. The van der Waals surface area contributed by atoms with Gasteiger partial charge in [0, 0.05) is 22.5 Å². The Kier molecular flexibility index (Phi) is 6.10. The Balaban J connectivity index is 2.73. The molecule has 0 heterocycles. The molecule has 1 rings (SSSR count). The van der Waals surface area contributed by atoms with Crippen LogP contribution in [0.15, 0.2) is 22.7 Å². The molecular formula is C14H18BrNO. The van der Waals surface area contributed by atoms with Crippen molar-refractivity contribution in [3.8, 4) is 18.1 Å². The van der Waals surface area contributed by atoms with E-state index in [1.54, 1.807) is 0 Å². The van der Waals surface area contributed by atoms with Gasteiger partial charge in [-0.25, -0.2) is 0 Å². The van der Waals surface area contributed by atoms with Gasteiger partial charge in [0.25, 0.3) is 0 Å². The maximum Gasteiger partial charge on any atom is 0.124 e. The number of ether oxygens (including phenoxy) is 1. The van der Waals surface area contributed by atoms with Gasteiger partial charge < -0.3 is 10.1 Å². The molecule has 0 saturated carbocycles. The Morgan fingerprint density at radius 1 is 1.53 bits per heavy atom. The molecule has 0 fully saturated rings. The van der Waals surface area contributed by atoms with Crippen molar-refractivity contribution >= 4 is 15.9 Å². The average molecular weight is 296 g/mol. The monoisotopic (exact) mass is 295 g/mol. The highest BCUT2D eigenvalue weighted by Crippen LogP contribution is 2.28. The van der Waals surface area contributed by atoms with Crippen molar-refractivity contribution in [3.63, 3.8) is 0 Å². The first-order valence-corrected chi connectivity index (χ1v) is 6.51. The Morgan fingerprint density at radius 2 is 2.29 bits per heavy atom. The summed E-state index contributed by atoms with van der Waals surface area (Å²) in [7, 11) is 1.94. The van der Waals surface area contributed by atoms with Gasteiger partial charge in [-0.05, 0) is 38.6 Å². The van der Waals surface area contributed by atoms with Crippen LogP contribution in [0.1, 0.15) is 31.4 Å². The summed E-state index contributed by atoms with van der Waals surface area (Å²) >= 11 is 3.48. The highest BCUT2D eigenvalue weighted by Gasteiger charge is 2.10. The third-order valence-electron chi connectivity index (χ3n) is 2.59. The van der Waals surface area contributed by atoms with Gasteiger partial charge in [0.05, 0.1) is 6.61 Å². The fraction of sp³-hybridized carbons (Fsp3) is 0.429. The van der Waals surface area contributed by atoms with E-state index in [1.807, 2.05) is 19.2 Å². The van der Waals surface area contributed by atoms with Crippen LogP contribution in [0.4, 0.5) is 0 Å². The first-order valence-electron chi connectivity index (χ1n) is 5.72. The zero-order valence-corrected chi connectivity index (χ0v) is 11.9. The normalized spacial score (nSPS) is 11.9. The van der Waals surface area contributed by atoms with E-state index in [4.69, 9.17) is 11.2 Å². The number of rotatable bonds is 6. The van der Waals surface area contributed by atoms with Crippen molar-refractivity contribution in [2.75, 3.05) is 13.7 Å². The molecule has 0 aromatic heterocycles. The Bertz CT molecular complexity index is 398. The third-order valence-corrected chi connectivity index (χ3v) is 3.09. The second kappa shape index (κ2) is 7.37. The summed E-state index contributed by atoms with van der Waals surface area (Å²) in [4.78, 5) is 0. The smallest absolute Gasteiger partial charge is 0.124 e. The second-order valence-corrected chi connectivity index (χ2v) is 4.76. The SMILES string of the molecule is C#CCCCOc1ccc(Br)cc1C(C)NC. The molecule has 0 amide bonds. The summed E-state index contributed by atoms with van der Waals surface area (Å²) in [5.74, 6) is 3.53. The maximum absolute atomic E-state index is 5.76. The molecule has 1 aromatic rings. The molecule has 1 aromatic carbocycles. The molecule has 0 radical (unpaired) electrons. The number of hydrogen-bond donors (Lipinski definition) is 1. The van der Waals surface area contributed by atoms with Crippen LogP contribution >= 0.6 is 15.9 Å². The third kappa shape index (κ3) is 4.41. The van der Waals surface area contributed by atoms with Crippen molar-refractivity contribution in [2.24, 2.45) is 0 Å². The Hall–Kier alpha value is -0.980. The first kappa shape index (κ1) is 14.1. The predicted molar refractivity (Wildman–Crippen MR) is 75.2 cm³/mol. The summed E-state index contributed by atoms with van der Waals surface area (Å²) in [5, 5.41) is 3.22. The first-order chi connectivity index (χ1) is 8.19.